The number of hydrogen-bond donors (Lipinski definition) is 2. The molecule has 10 heteroatoms. The second-order valence-corrected chi connectivity index (χ2v) is 13.4. The summed E-state index contributed by atoms with van der Waals surface area (Å²) in [6.45, 7) is 9.03. The number of morpholine rings is 1. The molecule has 7 rings (SSSR count). The first kappa shape index (κ1) is 36.1. The molecule has 0 amide bonds. The van der Waals surface area contributed by atoms with E-state index in [1.165, 1.54) is 5.69 Å². The molecule has 0 aliphatic carbocycles. The van der Waals surface area contributed by atoms with E-state index in [-0.39, 0.29) is 19.2 Å². The molecule has 1 fully saturated rings. The van der Waals surface area contributed by atoms with Gasteiger partial charge in [0, 0.05) is 66.5 Å². The number of para-hydroxylation sites is 1. The number of esters is 1. The van der Waals surface area contributed by atoms with Crippen molar-refractivity contribution in [3.63, 3.8) is 0 Å². The number of nitrogens with zero attached hydrogens (tertiary/aromatic N) is 4. The lowest BCUT2D eigenvalue weighted by atomic mass is 9.98. The van der Waals surface area contributed by atoms with Gasteiger partial charge in [0.05, 0.1) is 49.9 Å². The summed E-state index contributed by atoms with van der Waals surface area (Å²) in [5, 5.41) is 21.9. The van der Waals surface area contributed by atoms with Gasteiger partial charge in [-0.25, -0.2) is 4.79 Å². The predicted octanol–water partition coefficient (Wildman–Crippen LogP) is 7.52. The van der Waals surface area contributed by atoms with E-state index in [0.29, 0.717) is 38.2 Å². The number of anilines is 2. The van der Waals surface area contributed by atoms with Crippen LogP contribution in [0.5, 0.6) is 5.75 Å². The van der Waals surface area contributed by atoms with E-state index in [9.17, 15) is 9.90 Å². The molecule has 4 aromatic carbocycles. The maximum Gasteiger partial charge on any atom is 0.355 e. The standard InChI is InChI=1S/C43H49N5O5/c1-4-52-43(50)42-36(16-9-26-53-39-17-7-12-31-11-5-6-13-34(31)39)35-14-8-15-37(40-30(2)45-46(3)38(40)29-49)41(35)48(42)23-10-22-44-32-18-20-33(21-19-32)47-24-27-51-28-25-47/h5-8,11-15,17-21,44,49H,4,9-10,16,22-29H2,1-3H3. The van der Waals surface area contributed by atoms with E-state index >= 15 is 0 Å². The third kappa shape index (κ3) is 7.61. The van der Waals surface area contributed by atoms with E-state index < -0.39 is 0 Å². The van der Waals surface area contributed by atoms with Gasteiger partial charge >= 0.3 is 5.97 Å². The van der Waals surface area contributed by atoms with Gasteiger partial charge in [0.1, 0.15) is 11.4 Å². The average Bonchev–Trinajstić information content (AvgIpc) is 3.67. The van der Waals surface area contributed by atoms with Crippen molar-refractivity contribution in [2.75, 3.05) is 56.3 Å². The summed E-state index contributed by atoms with van der Waals surface area (Å²) >= 11 is 0. The fraction of sp³-hybridized carbons (Fsp3) is 0.349. The number of aliphatic hydroxyl groups excluding tert-OH is 1. The number of carbonyl (C=O) groups excluding carboxylic acids is 1. The summed E-state index contributed by atoms with van der Waals surface area (Å²) in [7, 11) is 1.85. The van der Waals surface area contributed by atoms with Crippen LogP contribution in [0, 0.1) is 6.92 Å². The fourth-order valence-electron chi connectivity index (χ4n) is 7.66. The molecular weight excluding hydrogens is 667 g/mol. The zero-order valence-corrected chi connectivity index (χ0v) is 30.9. The monoisotopic (exact) mass is 715 g/mol. The summed E-state index contributed by atoms with van der Waals surface area (Å²) in [5.41, 5.74) is 8.09. The number of fused-ring (bicyclic) bond motifs is 2. The molecule has 2 N–H and O–H groups in total. The van der Waals surface area contributed by atoms with Crippen LogP contribution in [0.25, 0.3) is 32.8 Å². The molecule has 0 unspecified atom stereocenters. The molecule has 0 radical (unpaired) electrons. The van der Waals surface area contributed by atoms with Gasteiger partial charge in [0.2, 0.25) is 0 Å². The number of rotatable bonds is 15. The molecule has 53 heavy (non-hydrogen) atoms. The highest BCUT2D eigenvalue weighted by Gasteiger charge is 2.27. The summed E-state index contributed by atoms with van der Waals surface area (Å²) in [6.07, 6.45) is 2.09. The first-order valence-corrected chi connectivity index (χ1v) is 18.7. The van der Waals surface area contributed by atoms with Crippen LogP contribution in [0.1, 0.15) is 47.2 Å². The fourth-order valence-corrected chi connectivity index (χ4v) is 7.66. The minimum atomic E-state index is -0.337. The van der Waals surface area contributed by atoms with Crippen molar-refractivity contribution in [3.05, 3.63) is 108 Å². The first-order valence-electron chi connectivity index (χ1n) is 18.7. The first-order chi connectivity index (χ1) is 26.0. The molecular formula is C43H49N5O5. The Morgan fingerprint density at radius 1 is 0.943 bits per heavy atom. The van der Waals surface area contributed by atoms with Crippen molar-refractivity contribution in [2.45, 2.75) is 46.3 Å². The third-order valence-corrected chi connectivity index (χ3v) is 10.1. The smallest absolute Gasteiger partial charge is 0.355 e. The van der Waals surface area contributed by atoms with Crippen LogP contribution in [0.2, 0.25) is 0 Å². The number of aromatic nitrogens is 3. The number of ether oxygens (including phenoxy) is 3. The summed E-state index contributed by atoms with van der Waals surface area (Å²) in [6, 6.07) is 29.1. The number of aryl methyl sites for hydroxylation is 4. The van der Waals surface area contributed by atoms with Crippen molar-refractivity contribution in [1.82, 2.24) is 14.3 Å². The Morgan fingerprint density at radius 2 is 1.70 bits per heavy atom. The average molecular weight is 716 g/mol. The minimum Gasteiger partial charge on any atom is -0.493 e. The molecule has 1 aliphatic heterocycles. The van der Waals surface area contributed by atoms with Crippen molar-refractivity contribution in [3.8, 4) is 16.9 Å². The van der Waals surface area contributed by atoms with Crippen LogP contribution in [-0.2, 0) is 36.1 Å². The van der Waals surface area contributed by atoms with E-state index in [0.717, 1.165) is 93.9 Å². The molecule has 276 valence electrons. The SMILES string of the molecule is CCOC(=O)c1c(CCCOc2cccc3ccccc23)c2cccc(-c3c(C)nn(C)c3CO)c2n1CCCNc1ccc(N2CCOCC2)cc1. The van der Waals surface area contributed by atoms with Crippen LogP contribution in [0.3, 0.4) is 0 Å². The molecule has 1 aliphatic rings. The second-order valence-electron chi connectivity index (χ2n) is 13.4. The largest absolute Gasteiger partial charge is 0.493 e. The van der Waals surface area contributed by atoms with E-state index in [2.05, 4.69) is 74.5 Å². The Bertz CT molecular complexity index is 2180. The minimum absolute atomic E-state index is 0.152. The third-order valence-electron chi connectivity index (χ3n) is 10.1. The Morgan fingerprint density at radius 3 is 2.49 bits per heavy atom. The van der Waals surface area contributed by atoms with Crippen molar-refractivity contribution in [1.29, 1.82) is 0 Å². The normalized spacial score (nSPS) is 13.2. The highest BCUT2D eigenvalue weighted by atomic mass is 16.5. The lowest BCUT2D eigenvalue weighted by Gasteiger charge is -2.28. The Labute approximate surface area is 310 Å². The molecule has 3 heterocycles. The van der Waals surface area contributed by atoms with Crippen molar-refractivity contribution < 1.29 is 24.1 Å². The van der Waals surface area contributed by atoms with Crippen molar-refractivity contribution >= 4 is 39.0 Å². The molecule has 6 aromatic rings. The van der Waals surface area contributed by atoms with Crippen LogP contribution in [0.4, 0.5) is 11.4 Å². The number of carbonyl (C=O) groups is 1. The maximum absolute atomic E-state index is 14.0. The van der Waals surface area contributed by atoms with Crippen molar-refractivity contribution in [2.24, 2.45) is 7.05 Å². The molecule has 0 saturated carbocycles. The van der Waals surface area contributed by atoms with E-state index in [1.54, 1.807) is 4.68 Å². The van der Waals surface area contributed by atoms with Gasteiger partial charge in [0.15, 0.2) is 0 Å². The molecule has 2 aromatic heterocycles. The zero-order valence-electron chi connectivity index (χ0n) is 30.9. The number of aliphatic hydroxyl groups is 1. The summed E-state index contributed by atoms with van der Waals surface area (Å²) < 4.78 is 21.5. The highest BCUT2D eigenvalue weighted by Crippen LogP contribution is 2.38. The Balaban J connectivity index is 1.19. The van der Waals surface area contributed by atoms with Crippen LogP contribution >= 0.6 is 0 Å². The van der Waals surface area contributed by atoms with Crippen LogP contribution in [-0.4, -0.2) is 71.5 Å². The topological polar surface area (TPSA) is 103 Å². The van der Waals surface area contributed by atoms with Gasteiger partial charge in [-0.3, -0.25) is 4.68 Å². The number of nitrogens with one attached hydrogen (secondary N) is 1. The van der Waals surface area contributed by atoms with E-state index in [4.69, 9.17) is 14.2 Å². The molecule has 10 nitrogen and oxygen atoms in total. The summed E-state index contributed by atoms with van der Waals surface area (Å²) in [5.74, 6) is 0.516. The van der Waals surface area contributed by atoms with Gasteiger partial charge in [0.25, 0.3) is 0 Å². The Kier molecular flexibility index (Phi) is 11.3. The quantitative estimate of drug-likeness (QED) is 0.0832. The van der Waals surface area contributed by atoms with Gasteiger partial charge in [-0.05, 0) is 74.4 Å². The zero-order chi connectivity index (χ0) is 36.7. The molecule has 0 spiro atoms. The lowest BCUT2D eigenvalue weighted by molar-refractivity contribution is 0.0512. The molecule has 0 atom stereocenters. The number of benzene rings is 4. The number of hydrogen-bond acceptors (Lipinski definition) is 8. The lowest BCUT2D eigenvalue weighted by Crippen LogP contribution is -2.36. The maximum atomic E-state index is 14.0. The van der Waals surface area contributed by atoms with Gasteiger partial charge in [-0.2, -0.15) is 5.10 Å². The highest BCUT2D eigenvalue weighted by molar-refractivity contribution is 6.05. The molecule has 1 saturated heterocycles. The van der Waals surface area contributed by atoms with E-state index in [1.807, 2.05) is 51.2 Å². The van der Waals surface area contributed by atoms with Crippen LogP contribution < -0.4 is 15.0 Å². The van der Waals surface area contributed by atoms with Crippen LogP contribution in [0.15, 0.2) is 84.9 Å². The van der Waals surface area contributed by atoms with Gasteiger partial charge in [-0.1, -0.05) is 54.6 Å². The van der Waals surface area contributed by atoms with Gasteiger partial charge < -0.3 is 34.1 Å². The summed E-state index contributed by atoms with van der Waals surface area (Å²) in [4.78, 5) is 16.3. The second kappa shape index (κ2) is 16.6. The molecule has 0 bridgehead atoms. The predicted molar refractivity (Wildman–Crippen MR) is 211 cm³/mol. The Hall–Kier alpha value is -5.32. The van der Waals surface area contributed by atoms with Gasteiger partial charge in [-0.15, -0.1) is 0 Å².